The molecule has 0 N–H and O–H groups in total. The molecule has 0 saturated carbocycles. The number of hydrogen-bond acceptors (Lipinski definition) is 6. The molecule has 0 fully saturated rings. The van der Waals surface area contributed by atoms with Gasteiger partial charge in [0.05, 0.1) is 0 Å². The predicted molar refractivity (Wildman–Crippen MR) is 297 cm³/mol. The molecule has 0 aromatic rings. The van der Waals surface area contributed by atoms with Crippen molar-refractivity contribution in [2.45, 2.75) is 271 Å². The van der Waals surface area contributed by atoms with Crippen LogP contribution >= 0.6 is 0 Å². The summed E-state index contributed by atoms with van der Waals surface area (Å²) >= 11 is 0. The van der Waals surface area contributed by atoms with E-state index in [2.05, 4.69) is 118 Å². The van der Waals surface area contributed by atoms with E-state index in [1.807, 2.05) is 0 Å². The zero-order valence-electron chi connectivity index (χ0n) is 45.0. The summed E-state index contributed by atoms with van der Waals surface area (Å²) in [5, 5.41) is 0. The van der Waals surface area contributed by atoms with Crippen molar-refractivity contribution in [3.05, 3.63) is 97.2 Å². The van der Waals surface area contributed by atoms with Crippen LogP contribution in [0.3, 0.4) is 0 Å². The van der Waals surface area contributed by atoms with Crippen molar-refractivity contribution in [3.8, 4) is 0 Å². The van der Waals surface area contributed by atoms with Crippen molar-refractivity contribution >= 4 is 17.9 Å². The molecule has 0 aliphatic rings. The lowest BCUT2D eigenvalue weighted by atomic mass is 10.1. The van der Waals surface area contributed by atoms with Crippen LogP contribution < -0.4 is 0 Å². The van der Waals surface area contributed by atoms with Gasteiger partial charge in [0.1, 0.15) is 13.2 Å². The van der Waals surface area contributed by atoms with Crippen molar-refractivity contribution < 1.29 is 28.6 Å². The van der Waals surface area contributed by atoms with Crippen molar-refractivity contribution in [3.63, 3.8) is 0 Å². The number of carbonyl (C=O) groups excluding carboxylic acids is 3. The van der Waals surface area contributed by atoms with Crippen LogP contribution in [0.2, 0.25) is 0 Å². The topological polar surface area (TPSA) is 78.9 Å². The summed E-state index contributed by atoms with van der Waals surface area (Å²) < 4.78 is 16.8. The van der Waals surface area contributed by atoms with Gasteiger partial charge in [-0.2, -0.15) is 0 Å². The number of hydrogen-bond donors (Lipinski definition) is 0. The Morgan fingerprint density at radius 2 is 0.522 bits per heavy atom. The lowest BCUT2D eigenvalue weighted by Gasteiger charge is -2.18. The molecule has 0 unspecified atom stereocenters. The molecule has 0 amide bonds. The highest BCUT2D eigenvalue weighted by Gasteiger charge is 2.19. The van der Waals surface area contributed by atoms with Crippen molar-refractivity contribution in [1.29, 1.82) is 0 Å². The van der Waals surface area contributed by atoms with Gasteiger partial charge in [0.15, 0.2) is 6.10 Å². The molecule has 0 aliphatic carbocycles. The highest BCUT2D eigenvalue weighted by molar-refractivity contribution is 5.71. The highest BCUT2D eigenvalue weighted by Crippen LogP contribution is 2.14. The molecule has 0 heterocycles. The molecule has 0 rings (SSSR count). The largest absolute Gasteiger partial charge is 0.462 e. The van der Waals surface area contributed by atoms with Gasteiger partial charge in [-0.1, -0.05) is 214 Å². The smallest absolute Gasteiger partial charge is 0.306 e. The SMILES string of the molecule is CCCCC/C=C\C/C=C\C/C=C\C/C=C\CCCCCC(=O)OC[C@H](COC(=O)CCCCCC/C=C\C/C=C\C/C=C\CCCCC)OC(=O)CCCCCCCCC/C=C\CCCCCC. The number of carbonyl (C=O) groups is 3. The number of esters is 3. The van der Waals surface area contributed by atoms with Gasteiger partial charge in [-0.25, -0.2) is 0 Å². The van der Waals surface area contributed by atoms with E-state index in [-0.39, 0.29) is 31.1 Å². The highest BCUT2D eigenvalue weighted by atomic mass is 16.6. The normalized spacial score (nSPS) is 12.8. The number of allylic oxidation sites excluding steroid dienone is 16. The van der Waals surface area contributed by atoms with Gasteiger partial charge >= 0.3 is 17.9 Å². The molecule has 0 aromatic heterocycles. The van der Waals surface area contributed by atoms with Gasteiger partial charge in [0, 0.05) is 19.3 Å². The van der Waals surface area contributed by atoms with Gasteiger partial charge in [0.2, 0.25) is 0 Å². The fraction of sp³-hybridized carbons (Fsp3) is 0.698. The summed E-state index contributed by atoms with van der Waals surface area (Å²) in [5.74, 6) is -0.955. The second-order valence-electron chi connectivity index (χ2n) is 18.8. The molecule has 0 bridgehead atoms. The molecule has 0 radical (unpaired) electrons. The molecule has 394 valence electrons. The zero-order valence-corrected chi connectivity index (χ0v) is 45.0. The molecule has 1 atom stereocenters. The third kappa shape index (κ3) is 55.1. The van der Waals surface area contributed by atoms with Gasteiger partial charge in [0.25, 0.3) is 0 Å². The van der Waals surface area contributed by atoms with Crippen LogP contribution in [-0.4, -0.2) is 37.2 Å². The number of unbranched alkanes of at least 4 members (excludes halogenated alkanes) is 24. The molecule has 0 spiro atoms. The summed E-state index contributed by atoms with van der Waals surface area (Å²) in [6, 6.07) is 0. The maximum atomic E-state index is 12.8. The lowest BCUT2D eigenvalue weighted by molar-refractivity contribution is -0.167. The van der Waals surface area contributed by atoms with Crippen LogP contribution in [0.25, 0.3) is 0 Å². The van der Waals surface area contributed by atoms with Crippen molar-refractivity contribution in [2.75, 3.05) is 13.2 Å². The average Bonchev–Trinajstić information content (AvgIpc) is 3.35. The first-order valence-electron chi connectivity index (χ1n) is 28.7. The maximum Gasteiger partial charge on any atom is 0.306 e. The summed E-state index contributed by atoms with van der Waals surface area (Å²) in [5.41, 5.74) is 0. The van der Waals surface area contributed by atoms with Crippen LogP contribution in [0, 0.1) is 0 Å². The van der Waals surface area contributed by atoms with Crippen LogP contribution in [0.15, 0.2) is 97.2 Å². The standard InChI is InChI=1S/C63H106O6/c1-4-7-10-13-16-19-22-25-28-30-31-33-36-38-41-44-47-50-53-56-62(65)68-59-60(69-63(66)57-54-51-48-45-42-39-34-27-24-21-18-15-12-9-6-3)58-67-61(64)55-52-49-46-43-40-37-35-32-29-26-23-20-17-14-11-8-5-2/h16-17,19-21,24-26,28-29,31,33,35,37-38,41,60H,4-15,18,22-23,27,30,32,34,36,39-40,42-59H2,1-3H3/b19-16-,20-17-,24-21-,28-25-,29-26-,33-31-,37-35-,41-38-/t60-/m0/s1. The summed E-state index contributed by atoms with van der Waals surface area (Å²) in [6.07, 6.45) is 75.3. The molecule has 0 aliphatic heterocycles. The minimum absolute atomic E-state index is 0.102. The fourth-order valence-electron chi connectivity index (χ4n) is 7.66. The van der Waals surface area contributed by atoms with Crippen LogP contribution in [0.4, 0.5) is 0 Å². The molecule has 6 nitrogen and oxygen atoms in total. The van der Waals surface area contributed by atoms with Gasteiger partial charge < -0.3 is 14.2 Å². The van der Waals surface area contributed by atoms with E-state index in [1.165, 1.54) is 116 Å². The first kappa shape index (κ1) is 65.3. The summed E-state index contributed by atoms with van der Waals surface area (Å²) in [6.45, 7) is 6.53. The monoisotopic (exact) mass is 959 g/mol. The van der Waals surface area contributed by atoms with Crippen LogP contribution in [0.1, 0.15) is 265 Å². The third-order valence-electron chi connectivity index (χ3n) is 12.0. The van der Waals surface area contributed by atoms with Crippen LogP contribution in [-0.2, 0) is 28.6 Å². The first-order chi connectivity index (χ1) is 34.0. The van der Waals surface area contributed by atoms with E-state index < -0.39 is 6.10 Å². The Bertz CT molecular complexity index is 1380. The fourth-order valence-corrected chi connectivity index (χ4v) is 7.66. The Balaban J connectivity index is 4.49. The Morgan fingerprint density at radius 3 is 0.870 bits per heavy atom. The Labute approximate surface area is 426 Å². The number of ether oxygens (including phenoxy) is 3. The Morgan fingerprint density at radius 1 is 0.290 bits per heavy atom. The summed E-state index contributed by atoms with van der Waals surface area (Å²) in [7, 11) is 0. The maximum absolute atomic E-state index is 12.8. The van der Waals surface area contributed by atoms with E-state index in [9.17, 15) is 14.4 Å². The van der Waals surface area contributed by atoms with E-state index in [0.717, 1.165) is 109 Å². The molecule has 6 heteroatoms. The van der Waals surface area contributed by atoms with E-state index in [1.54, 1.807) is 0 Å². The molecule has 69 heavy (non-hydrogen) atoms. The molecule has 0 aromatic carbocycles. The number of rotatable bonds is 51. The average molecular weight is 960 g/mol. The zero-order chi connectivity index (χ0) is 50.0. The van der Waals surface area contributed by atoms with E-state index in [4.69, 9.17) is 14.2 Å². The van der Waals surface area contributed by atoms with E-state index in [0.29, 0.717) is 19.3 Å². The Hall–Kier alpha value is -3.67. The molecule has 0 saturated heterocycles. The third-order valence-corrected chi connectivity index (χ3v) is 12.0. The van der Waals surface area contributed by atoms with Crippen molar-refractivity contribution in [2.24, 2.45) is 0 Å². The molecular weight excluding hydrogens is 853 g/mol. The van der Waals surface area contributed by atoms with Gasteiger partial charge in [-0.05, 0) is 128 Å². The van der Waals surface area contributed by atoms with Gasteiger partial charge in [-0.3, -0.25) is 14.4 Å². The lowest BCUT2D eigenvalue weighted by Crippen LogP contribution is -2.30. The summed E-state index contributed by atoms with van der Waals surface area (Å²) in [4.78, 5) is 38.2. The van der Waals surface area contributed by atoms with Crippen molar-refractivity contribution in [1.82, 2.24) is 0 Å². The first-order valence-corrected chi connectivity index (χ1v) is 28.7. The van der Waals surface area contributed by atoms with Crippen LogP contribution in [0.5, 0.6) is 0 Å². The Kier molecular flexibility index (Phi) is 53.9. The second-order valence-corrected chi connectivity index (χ2v) is 18.8. The minimum Gasteiger partial charge on any atom is -0.462 e. The predicted octanol–water partition coefficient (Wildman–Crippen LogP) is 19.3. The minimum atomic E-state index is -0.804. The van der Waals surface area contributed by atoms with Gasteiger partial charge in [-0.15, -0.1) is 0 Å². The molecular formula is C63H106O6. The van der Waals surface area contributed by atoms with E-state index >= 15 is 0 Å². The quantitative estimate of drug-likeness (QED) is 0.0262. The second kappa shape index (κ2) is 56.9.